The number of nitrogens with zero attached hydrogens (tertiary/aromatic N) is 2. The molecule has 0 aromatic heterocycles. The van der Waals surface area contributed by atoms with E-state index in [1.54, 1.807) is 0 Å². The molecule has 0 aliphatic carbocycles. The Bertz CT molecular complexity index is 593. The number of hydrogen-bond donors (Lipinski definition) is 0. The molecular weight excluding hydrogens is 333 g/mol. The van der Waals surface area contributed by atoms with Gasteiger partial charge in [-0.1, -0.05) is 15.9 Å². The molecule has 0 aliphatic rings. The van der Waals surface area contributed by atoms with Crippen molar-refractivity contribution in [1.29, 1.82) is 5.26 Å². The Morgan fingerprint density at radius 3 is 2.42 bits per heavy atom. The van der Waals surface area contributed by atoms with Crippen LogP contribution in [-0.4, -0.2) is 16.0 Å². The largest absolute Gasteiger partial charge is 0.423 e. The minimum Gasteiger partial charge on any atom is -0.293 e. The maximum Gasteiger partial charge on any atom is 0.423 e. The molecule has 0 saturated carbocycles. The van der Waals surface area contributed by atoms with Gasteiger partial charge in [-0.05, 0) is 12.1 Å². The van der Waals surface area contributed by atoms with Gasteiger partial charge < -0.3 is 0 Å². The smallest absolute Gasteiger partial charge is 0.293 e. The molecule has 0 amide bonds. The summed E-state index contributed by atoms with van der Waals surface area (Å²) in [6, 6.07) is 2.89. The molecule has 0 atom stereocenters. The summed E-state index contributed by atoms with van der Waals surface area (Å²) in [5.41, 5.74) is -4.68. The van der Waals surface area contributed by atoms with E-state index >= 15 is 0 Å². The summed E-state index contributed by atoms with van der Waals surface area (Å²) in [6.45, 7) is 0. The van der Waals surface area contributed by atoms with Crippen LogP contribution in [0.4, 0.5) is 18.9 Å². The van der Waals surface area contributed by atoms with Crippen LogP contribution in [0.5, 0.6) is 0 Å². The lowest BCUT2D eigenvalue weighted by molar-refractivity contribution is -0.388. The van der Waals surface area contributed by atoms with E-state index in [-0.39, 0.29) is 0 Å². The van der Waals surface area contributed by atoms with Crippen molar-refractivity contribution in [3.8, 4) is 6.07 Å². The van der Waals surface area contributed by atoms with Gasteiger partial charge in [0.1, 0.15) is 17.2 Å². The molecule has 0 saturated heterocycles. The number of carbonyl (C=O) groups is 1. The normalized spacial score (nSPS) is 10.9. The molecule has 0 heterocycles. The van der Waals surface area contributed by atoms with Crippen molar-refractivity contribution in [1.82, 2.24) is 0 Å². The lowest BCUT2D eigenvalue weighted by Crippen LogP contribution is -2.17. The topological polar surface area (TPSA) is 84.0 Å². The van der Waals surface area contributed by atoms with Crippen LogP contribution in [0.25, 0.3) is 0 Å². The van der Waals surface area contributed by atoms with Crippen molar-refractivity contribution in [3.63, 3.8) is 0 Å². The van der Waals surface area contributed by atoms with Gasteiger partial charge in [0.05, 0.1) is 10.3 Å². The fourth-order valence-corrected chi connectivity index (χ4v) is 1.76. The number of benzene rings is 1. The second kappa shape index (κ2) is 5.36. The number of nitriles is 1. The van der Waals surface area contributed by atoms with Crippen molar-refractivity contribution in [2.24, 2.45) is 0 Å². The molecule has 5 nitrogen and oxygen atoms in total. The number of alkyl halides is 4. The van der Waals surface area contributed by atoms with Crippen molar-refractivity contribution in [3.05, 3.63) is 38.9 Å². The summed E-state index contributed by atoms with van der Waals surface area (Å²) in [5.74, 6) is -0.958. The quantitative estimate of drug-likeness (QED) is 0.367. The van der Waals surface area contributed by atoms with Crippen LogP contribution in [0.1, 0.15) is 21.5 Å². The first-order valence-electron chi connectivity index (χ1n) is 4.61. The third-order valence-corrected chi connectivity index (χ3v) is 2.70. The van der Waals surface area contributed by atoms with Crippen molar-refractivity contribution in [2.75, 3.05) is 5.33 Å². The Labute approximate surface area is 112 Å². The molecule has 1 aromatic carbocycles. The van der Waals surface area contributed by atoms with Gasteiger partial charge >= 0.3 is 6.18 Å². The molecule has 1 rings (SSSR count). The van der Waals surface area contributed by atoms with Crippen LogP contribution in [0.15, 0.2) is 12.1 Å². The molecule has 0 spiro atoms. The number of carbonyl (C=O) groups excluding carboxylic acids is 1. The first-order chi connectivity index (χ1) is 8.73. The molecule has 0 N–H and O–H groups in total. The third-order valence-electron chi connectivity index (χ3n) is 2.19. The fraction of sp³-hybridized carbons (Fsp3) is 0.200. The monoisotopic (exact) mass is 336 g/mol. The van der Waals surface area contributed by atoms with E-state index in [0.29, 0.717) is 0 Å². The molecule has 0 unspecified atom stereocenters. The van der Waals surface area contributed by atoms with Crippen LogP contribution in [0.2, 0.25) is 0 Å². The molecule has 100 valence electrons. The van der Waals surface area contributed by atoms with Gasteiger partial charge in [0.15, 0.2) is 5.78 Å². The lowest BCUT2D eigenvalue weighted by Gasteiger charge is -2.12. The minimum atomic E-state index is -5.11. The number of rotatable bonds is 3. The SMILES string of the molecule is N#Cc1ccc(C(=O)CBr)c(C(F)(F)F)c1[N+](=O)[O-]. The van der Waals surface area contributed by atoms with Crippen LogP contribution < -0.4 is 0 Å². The van der Waals surface area contributed by atoms with E-state index in [0.717, 1.165) is 12.1 Å². The number of Topliss-reactive ketones (excluding diaryl/α,β-unsaturated/α-hetero) is 1. The average Bonchev–Trinajstić information content (AvgIpc) is 2.34. The average molecular weight is 337 g/mol. The molecule has 0 fully saturated rings. The Kier molecular flexibility index (Phi) is 4.26. The maximum atomic E-state index is 12.9. The zero-order chi connectivity index (χ0) is 14.8. The van der Waals surface area contributed by atoms with Crippen molar-refractivity contribution < 1.29 is 22.9 Å². The summed E-state index contributed by atoms with van der Waals surface area (Å²) in [5, 5.41) is 19.0. The second-order valence-corrected chi connectivity index (χ2v) is 3.87. The zero-order valence-electron chi connectivity index (χ0n) is 8.99. The predicted molar refractivity (Wildman–Crippen MR) is 60.9 cm³/mol. The van der Waals surface area contributed by atoms with Gasteiger partial charge in [-0.3, -0.25) is 14.9 Å². The van der Waals surface area contributed by atoms with Crippen LogP contribution in [-0.2, 0) is 6.18 Å². The van der Waals surface area contributed by atoms with E-state index in [2.05, 4.69) is 15.9 Å². The Balaban J connectivity index is 3.81. The number of hydrogen-bond acceptors (Lipinski definition) is 4. The van der Waals surface area contributed by atoms with Crippen LogP contribution >= 0.6 is 15.9 Å². The summed E-state index contributed by atoms with van der Waals surface area (Å²) in [6.07, 6.45) is -5.11. The maximum absolute atomic E-state index is 12.9. The Morgan fingerprint density at radius 1 is 1.47 bits per heavy atom. The Hall–Kier alpha value is -1.95. The molecule has 19 heavy (non-hydrogen) atoms. The molecule has 9 heteroatoms. The van der Waals surface area contributed by atoms with E-state index in [1.807, 2.05) is 0 Å². The third kappa shape index (κ3) is 2.90. The van der Waals surface area contributed by atoms with E-state index < -0.39 is 44.6 Å². The number of halogens is 4. The van der Waals surface area contributed by atoms with Gasteiger partial charge in [0.2, 0.25) is 0 Å². The van der Waals surface area contributed by atoms with Crippen LogP contribution in [0, 0.1) is 21.4 Å². The van der Waals surface area contributed by atoms with Crippen molar-refractivity contribution in [2.45, 2.75) is 6.18 Å². The fourth-order valence-electron chi connectivity index (χ4n) is 1.46. The highest BCUT2D eigenvalue weighted by Crippen LogP contribution is 2.40. The van der Waals surface area contributed by atoms with Gasteiger partial charge in [0, 0.05) is 5.56 Å². The minimum absolute atomic E-state index is 0.418. The molecule has 0 aliphatic heterocycles. The van der Waals surface area contributed by atoms with E-state index in [4.69, 9.17) is 5.26 Å². The lowest BCUT2D eigenvalue weighted by atomic mass is 9.98. The highest BCUT2D eigenvalue weighted by atomic mass is 79.9. The first-order valence-corrected chi connectivity index (χ1v) is 5.74. The van der Waals surface area contributed by atoms with Crippen molar-refractivity contribution >= 4 is 27.4 Å². The molecule has 1 aromatic rings. The number of nitro benzene ring substituents is 1. The first kappa shape index (κ1) is 15.1. The van der Waals surface area contributed by atoms with Gasteiger partial charge in [-0.2, -0.15) is 18.4 Å². The summed E-state index contributed by atoms with van der Waals surface area (Å²) >= 11 is 2.70. The number of nitro groups is 1. The zero-order valence-corrected chi connectivity index (χ0v) is 10.6. The van der Waals surface area contributed by atoms with Crippen LogP contribution in [0.3, 0.4) is 0 Å². The van der Waals surface area contributed by atoms with Gasteiger partial charge in [0.25, 0.3) is 5.69 Å². The molecule has 0 bridgehead atoms. The summed E-state index contributed by atoms with van der Waals surface area (Å²) < 4.78 is 38.7. The van der Waals surface area contributed by atoms with Gasteiger partial charge in [-0.25, -0.2) is 0 Å². The summed E-state index contributed by atoms with van der Waals surface area (Å²) in [7, 11) is 0. The number of ketones is 1. The highest BCUT2D eigenvalue weighted by molar-refractivity contribution is 9.09. The predicted octanol–water partition coefficient (Wildman–Crippen LogP) is 3.06. The molecule has 0 radical (unpaired) electrons. The Morgan fingerprint density at radius 2 is 2.05 bits per heavy atom. The highest BCUT2D eigenvalue weighted by Gasteiger charge is 2.43. The molecular formula is C10H4BrF3N2O3. The van der Waals surface area contributed by atoms with Gasteiger partial charge in [-0.15, -0.1) is 0 Å². The second-order valence-electron chi connectivity index (χ2n) is 3.31. The summed E-state index contributed by atoms with van der Waals surface area (Å²) in [4.78, 5) is 20.8. The standard InChI is InChI=1S/C10H4BrF3N2O3/c11-3-7(17)6-2-1-5(4-15)9(16(18)19)8(6)10(12,13)14/h1-2H,3H2. The van der Waals surface area contributed by atoms with E-state index in [1.165, 1.54) is 6.07 Å². The van der Waals surface area contributed by atoms with E-state index in [9.17, 15) is 28.1 Å².